The van der Waals surface area contributed by atoms with Gasteiger partial charge in [0.15, 0.2) is 0 Å². The number of anilines is 2. The van der Waals surface area contributed by atoms with Crippen molar-refractivity contribution in [2.45, 2.75) is 45.1 Å². The van der Waals surface area contributed by atoms with Gasteiger partial charge in [0.25, 0.3) is 0 Å². The first kappa shape index (κ1) is 12.9. The molecule has 1 aromatic heterocycles. The summed E-state index contributed by atoms with van der Waals surface area (Å²) in [6.07, 6.45) is 4.94. The quantitative estimate of drug-likeness (QED) is 0.920. The molecule has 1 aliphatic carbocycles. The van der Waals surface area contributed by atoms with Crippen LogP contribution in [0, 0.1) is 5.92 Å². The molecular formula is C13H20ClN5. The van der Waals surface area contributed by atoms with Crippen LogP contribution in [0.4, 0.5) is 11.9 Å². The predicted molar refractivity (Wildman–Crippen MR) is 76.7 cm³/mol. The average Bonchev–Trinajstić information content (AvgIpc) is 3.05. The van der Waals surface area contributed by atoms with Crippen LogP contribution >= 0.6 is 11.6 Å². The van der Waals surface area contributed by atoms with Crippen LogP contribution in [0.5, 0.6) is 0 Å². The zero-order valence-corrected chi connectivity index (χ0v) is 12.2. The number of nitrogens with one attached hydrogen (secondary N) is 1. The van der Waals surface area contributed by atoms with E-state index < -0.39 is 0 Å². The minimum absolute atomic E-state index is 0.0208. The van der Waals surface area contributed by atoms with Gasteiger partial charge >= 0.3 is 0 Å². The average molecular weight is 282 g/mol. The molecule has 0 aromatic carbocycles. The van der Waals surface area contributed by atoms with Crippen molar-refractivity contribution in [3.63, 3.8) is 0 Å². The molecule has 0 spiro atoms. The molecule has 6 heteroatoms. The minimum Gasteiger partial charge on any atom is -0.349 e. The number of aromatic nitrogens is 3. The molecule has 5 nitrogen and oxygen atoms in total. The lowest BCUT2D eigenvalue weighted by Crippen LogP contribution is -2.34. The fourth-order valence-electron chi connectivity index (χ4n) is 2.65. The van der Waals surface area contributed by atoms with Crippen LogP contribution < -0.4 is 10.2 Å². The molecule has 19 heavy (non-hydrogen) atoms. The molecule has 0 atom stereocenters. The Morgan fingerprint density at radius 3 is 2.47 bits per heavy atom. The van der Waals surface area contributed by atoms with Gasteiger partial charge < -0.3 is 10.2 Å². The van der Waals surface area contributed by atoms with E-state index in [0.717, 1.165) is 13.1 Å². The zero-order valence-electron chi connectivity index (χ0n) is 11.5. The molecule has 2 aliphatic rings. The Labute approximate surface area is 118 Å². The highest BCUT2D eigenvalue weighted by molar-refractivity contribution is 6.28. The normalized spacial score (nSPS) is 19.8. The van der Waals surface area contributed by atoms with Crippen molar-refractivity contribution in [2.24, 2.45) is 5.92 Å². The largest absolute Gasteiger partial charge is 0.349 e. The van der Waals surface area contributed by atoms with E-state index in [-0.39, 0.29) is 10.8 Å². The SMILES string of the molecule is CC(C)(Nc1nc(Cl)nc(N2CCCC2)n1)C1CC1. The van der Waals surface area contributed by atoms with E-state index >= 15 is 0 Å². The van der Waals surface area contributed by atoms with E-state index in [1.807, 2.05) is 0 Å². The predicted octanol–water partition coefficient (Wildman–Crippen LogP) is 2.73. The highest BCUT2D eigenvalue weighted by Gasteiger charge is 2.38. The van der Waals surface area contributed by atoms with Crippen molar-refractivity contribution < 1.29 is 0 Å². The Balaban J connectivity index is 1.80. The number of hydrogen-bond acceptors (Lipinski definition) is 5. The molecule has 0 bridgehead atoms. The topological polar surface area (TPSA) is 53.9 Å². The molecule has 104 valence electrons. The summed E-state index contributed by atoms with van der Waals surface area (Å²) in [6.45, 7) is 6.40. The van der Waals surface area contributed by atoms with E-state index in [0.29, 0.717) is 17.8 Å². The van der Waals surface area contributed by atoms with Crippen molar-refractivity contribution in [1.82, 2.24) is 15.0 Å². The van der Waals surface area contributed by atoms with Gasteiger partial charge in [0.1, 0.15) is 0 Å². The minimum atomic E-state index is 0.0208. The number of rotatable bonds is 4. The Hall–Kier alpha value is -1.10. The van der Waals surface area contributed by atoms with Crippen molar-refractivity contribution in [3.05, 3.63) is 5.28 Å². The first-order valence-corrected chi connectivity index (χ1v) is 7.37. The van der Waals surface area contributed by atoms with Gasteiger partial charge in [0.2, 0.25) is 17.2 Å². The number of nitrogens with zero attached hydrogens (tertiary/aromatic N) is 4. The van der Waals surface area contributed by atoms with Gasteiger partial charge in [-0.25, -0.2) is 0 Å². The molecule has 2 fully saturated rings. The second-order valence-electron chi connectivity index (χ2n) is 6.04. The van der Waals surface area contributed by atoms with Crippen LogP contribution in [0.3, 0.4) is 0 Å². The zero-order chi connectivity index (χ0) is 13.5. The Morgan fingerprint density at radius 2 is 1.84 bits per heavy atom. The van der Waals surface area contributed by atoms with Gasteiger partial charge in [-0.2, -0.15) is 15.0 Å². The molecule has 1 saturated heterocycles. The van der Waals surface area contributed by atoms with Crippen LogP contribution in [0.15, 0.2) is 0 Å². The molecular weight excluding hydrogens is 262 g/mol. The third-order valence-corrected chi connectivity index (χ3v) is 4.19. The van der Waals surface area contributed by atoms with Gasteiger partial charge in [-0.15, -0.1) is 0 Å². The van der Waals surface area contributed by atoms with Crippen molar-refractivity contribution >= 4 is 23.5 Å². The second-order valence-corrected chi connectivity index (χ2v) is 6.38. The molecule has 0 unspecified atom stereocenters. The molecule has 2 heterocycles. The molecule has 0 amide bonds. The monoisotopic (exact) mass is 281 g/mol. The Bertz CT molecular complexity index is 466. The molecule has 1 aliphatic heterocycles. The molecule has 0 radical (unpaired) electrons. The standard InChI is InChI=1S/C13H20ClN5/c1-13(2,9-5-6-9)18-11-15-10(14)16-12(17-11)19-7-3-4-8-19/h9H,3-8H2,1-2H3,(H,15,16,17,18). The summed E-state index contributed by atoms with van der Waals surface area (Å²) in [5.74, 6) is 2.00. The second kappa shape index (κ2) is 4.78. The van der Waals surface area contributed by atoms with Gasteiger partial charge in [-0.05, 0) is 57.0 Å². The molecule has 3 rings (SSSR count). The van der Waals surface area contributed by atoms with Gasteiger partial charge in [-0.1, -0.05) is 0 Å². The third-order valence-electron chi connectivity index (χ3n) is 4.02. The Kier molecular flexibility index (Phi) is 3.25. The van der Waals surface area contributed by atoms with E-state index in [1.54, 1.807) is 0 Å². The maximum absolute atomic E-state index is 6.02. The first-order valence-electron chi connectivity index (χ1n) is 6.99. The summed E-state index contributed by atoms with van der Waals surface area (Å²) >= 11 is 6.02. The molecule has 1 N–H and O–H groups in total. The number of halogens is 1. The third kappa shape index (κ3) is 2.91. The van der Waals surface area contributed by atoms with Crippen LogP contribution in [0.25, 0.3) is 0 Å². The maximum atomic E-state index is 6.02. The summed E-state index contributed by atoms with van der Waals surface area (Å²) in [5, 5.41) is 3.68. The molecule has 1 aromatic rings. The summed E-state index contributed by atoms with van der Waals surface area (Å²) in [7, 11) is 0. The summed E-state index contributed by atoms with van der Waals surface area (Å²) < 4.78 is 0. The summed E-state index contributed by atoms with van der Waals surface area (Å²) in [5.41, 5.74) is 0.0208. The summed E-state index contributed by atoms with van der Waals surface area (Å²) in [6, 6.07) is 0. The highest BCUT2D eigenvalue weighted by Crippen LogP contribution is 2.40. The maximum Gasteiger partial charge on any atom is 0.231 e. The van der Waals surface area contributed by atoms with Crippen molar-refractivity contribution in [1.29, 1.82) is 0 Å². The van der Waals surface area contributed by atoms with Crippen LogP contribution in [-0.4, -0.2) is 33.6 Å². The van der Waals surface area contributed by atoms with Crippen LogP contribution in [0.1, 0.15) is 39.5 Å². The van der Waals surface area contributed by atoms with Crippen LogP contribution in [-0.2, 0) is 0 Å². The van der Waals surface area contributed by atoms with Crippen molar-refractivity contribution in [2.75, 3.05) is 23.3 Å². The first-order chi connectivity index (χ1) is 9.04. The smallest absolute Gasteiger partial charge is 0.231 e. The number of hydrogen-bond donors (Lipinski definition) is 1. The van der Waals surface area contributed by atoms with Crippen LogP contribution in [0.2, 0.25) is 5.28 Å². The van der Waals surface area contributed by atoms with E-state index in [9.17, 15) is 0 Å². The highest BCUT2D eigenvalue weighted by atomic mass is 35.5. The van der Waals surface area contributed by atoms with E-state index in [4.69, 9.17) is 11.6 Å². The lowest BCUT2D eigenvalue weighted by molar-refractivity contribution is 0.490. The fraction of sp³-hybridized carbons (Fsp3) is 0.769. The lowest BCUT2D eigenvalue weighted by Gasteiger charge is -2.26. The van der Waals surface area contributed by atoms with Crippen molar-refractivity contribution in [3.8, 4) is 0 Å². The fourth-order valence-corrected chi connectivity index (χ4v) is 2.80. The van der Waals surface area contributed by atoms with Gasteiger partial charge in [0.05, 0.1) is 0 Å². The van der Waals surface area contributed by atoms with E-state index in [1.165, 1.54) is 25.7 Å². The molecule has 1 saturated carbocycles. The summed E-state index contributed by atoms with van der Waals surface area (Å²) in [4.78, 5) is 15.1. The Morgan fingerprint density at radius 1 is 1.16 bits per heavy atom. The van der Waals surface area contributed by atoms with Gasteiger partial charge in [-0.3, -0.25) is 0 Å². The van der Waals surface area contributed by atoms with E-state index in [2.05, 4.69) is 39.0 Å². The van der Waals surface area contributed by atoms with Gasteiger partial charge in [0, 0.05) is 18.6 Å². The lowest BCUT2D eigenvalue weighted by atomic mass is 9.99.